The van der Waals surface area contributed by atoms with E-state index in [1.165, 1.54) is 5.69 Å². The van der Waals surface area contributed by atoms with Crippen molar-refractivity contribution in [3.63, 3.8) is 0 Å². The van der Waals surface area contributed by atoms with Crippen LogP contribution in [0.2, 0.25) is 0 Å². The van der Waals surface area contributed by atoms with Gasteiger partial charge in [0.2, 0.25) is 5.91 Å². The average molecular weight is 368 g/mol. The molecule has 2 aromatic rings. The van der Waals surface area contributed by atoms with Gasteiger partial charge in [-0.25, -0.2) is 9.97 Å². The number of rotatable bonds is 4. The molecule has 27 heavy (non-hydrogen) atoms. The second-order valence-corrected chi connectivity index (χ2v) is 7.79. The summed E-state index contributed by atoms with van der Waals surface area (Å²) in [6.07, 6.45) is 3.33. The van der Waals surface area contributed by atoms with Crippen LogP contribution < -0.4 is 15.1 Å². The lowest BCUT2D eigenvalue weighted by molar-refractivity contribution is -0.123. The molecule has 2 aliphatic rings. The Labute approximate surface area is 160 Å². The van der Waals surface area contributed by atoms with Crippen LogP contribution in [0.3, 0.4) is 0 Å². The van der Waals surface area contributed by atoms with Crippen molar-refractivity contribution < 1.29 is 4.79 Å². The first kappa shape index (κ1) is 18.0. The van der Waals surface area contributed by atoms with E-state index >= 15 is 0 Å². The highest BCUT2D eigenvalue weighted by Gasteiger charge is 2.23. The van der Waals surface area contributed by atoms with Gasteiger partial charge in [0.1, 0.15) is 12.1 Å². The van der Waals surface area contributed by atoms with Gasteiger partial charge in [-0.3, -0.25) is 9.69 Å². The number of aromatic nitrogens is 2. The second kappa shape index (κ2) is 7.68. The molecule has 2 aliphatic heterocycles. The maximum Gasteiger partial charge on any atom is 0.220 e. The van der Waals surface area contributed by atoms with E-state index in [2.05, 4.69) is 43.3 Å². The minimum Gasteiger partial charge on any atom is -0.369 e. The highest BCUT2D eigenvalue weighted by Crippen LogP contribution is 2.27. The van der Waals surface area contributed by atoms with Gasteiger partial charge in [0.15, 0.2) is 0 Å². The molecule has 3 heterocycles. The Morgan fingerprint density at radius 1 is 1.19 bits per heavy atom. The molecule has 0 bridgehead atoms. The molecule has 7 nitrogen and oxygen atoms in total. The number of piperidine rings is 1. The first-order valence-electron chi connectivity index (χ1n) is 9.76. The number of carbonyl (C=O) groups is 1. The molecular weight excluding hydrogens is 340 g/mol. The highest BCUT2D eigenvalue weighted by atomic mass is 16.1. The van der Waals surface area contributed by atoms with Crippen molar-refractivity contribution >= 4 is 28.3 Å². The predicted molar refractivity (Wildman–Crippen MR) is 108 cm³/mol. The third-order valence-corrected chi connectivity index (χ3v) is 5.64. The van der Waals surface area contributed by atoms with Crippen molar-refractivity contribution in [1.29, 1.82) is 0 Å². The van der Waals surface area contributed by atoms with E-state index in [0.717, 1.165) is 62.4 Å². The Hall–Kier alpha value is -2.41. The Kier molecular flexibility index (Phi) is 5.11. The van der Waals surface area contributed by atoms with E-state index in [9.17, 15) is 4.79 Å². The molecule has 2 fully saturated rings. The molecule has 1 atom stereocenters. The van der Waals surface area contributed by atoms with E-state index in [0.29, 0.717) is 12.3 Å². The van der Waals surface area contributed by atoms with E-state index < -0.39 is 0 Å². The van der Waals surface area contributed by atoms with Crippen LogP contribution in [-0.2, 0) is 4.79 Å². The van der Waals surface area contributed by atoms with Gasteiger partial charge in [0.05, 0.1) is 5.52 Å². The fourth-order valence-corrected chi connectivity index (χ4v) is 4.08. The molecule has 0 spiro atoms. The first-order valence-corrected chi connectivity index (χ1v) is 9.76. The minimum atomic E-state index is 0.202. The molecule has 1 aromatic heterocycles. The summed E-state index contributed by atoms with van der Waals surface area (Å²) in [4.78, 5) is 27.2. The van der Waals surface area contributed by atoms with E-state index in [1.54, 1.807) is 6.33 Å². The number of nitrogens with zero attached hydrogens (tertiary/aromatic N) is 5. The van der Waals surface area contributed by atoms with Gasteiger partial charge in [-0.05, 0) is 30.5 Å². The van der Waals surface area contributed by atoms with Gasteiger partial charge >= 0.3 is 0 Å². The van der Waals surface area contributed by atoms with Crippen molar-refractivity contribution in [2.75, 3.05) is 63.2 Å². The van der Waals surface area contributed by atoms with Crippen molar-refractivity contribution in [2.45, 2.75) is 12.8 Å². The summed E-state index contributed by atoms with van der Waals surface area (Å²) in [6.45, 7) is 6.09. The van der Waals surface area contributed by atoms with Gasteiger partial charge in [-0.15, -0.1) is 0 Å². The van der Waals surface area contributed by atoms with E-state index in [-0.39, 0.29) is 5.91 Å². The summed E-state index contributed by atoms with van der Waals surface area (Å²) in [5.74, 6) is 1.75. The molecule has 0 aliphatic carbocycles. The fourth-order valence-electron chi connectivity index (χ4n) is 4.08. The molecule has 1 amide bonds. The summed E-state index contributed by atoms with van der Waals surface area (Å²) in [6, 6.07) is 6.48. The van der Waals surface area contributed by atoms with Crippen LogP contribution in [0.4, 0.5) is 11.5 Å². The smallest absolute Gasteiger partial charge is 0.220 e. The monoisotopic (exact) mass is 368 g/mol. The molecule has 144 valence electrons. The fraction of sp³-hybridized carbons (Fsp3) is 0.550. The van der Waals surface area contributed by atoms with Crippen LogP contribution in [0.25, 0.3) is 10.9 Å². The van der Waals surface area contributed by atoms with Crippen LogP contribution in [0.1, 0.15) is 12.8 Å². The van der Waals surface area contributed by atoms with Crippen molar-refractivity contribution in [3.8, 4) is 0 Å². The average Bonchev–Trinajstić information content (AvgIpc) is 2.69. The Morgan fingerprint density at radius 3 is 2.70 bits per heavy atom. The van der Waals surface area contributed by atoms with Crippen LogP contribution in [0.15, 0.2) is 24.5 Å². The van der Waals surface area contributed by atoms with Crippen LogP contribution in [0.5, 0.6) is 0 Å². The zero-order valence-electron chi connectivity index (χ0n) is 16.2. The Morgan fingerprint density at radius 2 is 2.00 bits per heavy atom. The van der Waals surface area contributed by atoms with E-state index in [1.807, 2.05) is 19.0 Å². The predicted octanol–water partition coefficient (Wildman–Crippen LogP) is 1.34. The lowest BCUT2D eigenvalue weighted by Gasteiger charge is -2.38. The molecular formula is C20H28N6O. The van der Waals surface area contributed by atoms with Gasteiger partial charge in [0.25, 0.3) is 0 Å². The van der Waals surface area contributed by atoms with Crippen molar-refractivity contribution in [1.82, 2.24) is 20.2 Å². The molecule has 1 unspecified atom stereocenters. The zero-order chi connectivity index (χ0) is 18.8. The lowest BCUT2D eigenvalue weighted by Crippen LogP contribution is -2.49. The van der Waals surface area contributed by atoms with Gasteiger partial charge in [-0.1, -0.05) is 0 Å². The number of hydrogen-bond acceptors (Lipinski definition) is 6. The quantitative estimate of drug-likeness (QED) is 0.879. The van der Waals surface area contributed by atoms with Gasteiger partial charge in [-0.2, -0.15) is 0 Å². The molecule has 7 heteroatoms. The summed E-state index contributed by atoms with van der Waals surface area (Å²) >= 11 is 0. The summed E-state index contributed by atoms with van der Waals surface area (Å²) in [5.41, 5.74) is 2.22. The maximum atomic E-state index is 11.3. The summed E-state index contributed by atoms with van der Waals surface area (Å²) in [7, 11) is 4.03. The van der Waals surface area contributed by atoms with Gasteiger partial charge in [0, 0.05) is 70.9 Å². The third kappa shape index (κ3) is 3.98. The molecule has 2 saturated heterocycles. The summed E-state index contributed by atoms with van der Waals surface area (Å²) < 4.78 is 0. The van der Waals surface area contributed by atoms with Crippen LogP contribution in [-0.4, -0.2) is 74.1 Å². The Balaban J connectivity index is 1.40. The van der Waals surface area contributed by atoms with E-state index in [4.69, 9.17) is 0 Å². The van der Waals surface area contributed by atoms with Crippen molar-refractivity contribution in [2.24, 2.45) is 5.92 Å². The molecule has 0 radical (unpaired) electrons. The highest BCUT2D eigenvalue weighted by molar-refractivity contribution is 5.91. The number of nitrogens with one attached hydrogen (secondary N) is 1. The maximum absolute atomic E-state index is 11.3. The molecule has 4 rings (SSSR count). The largest absolute Gasteiger partial charge is 0.369 e. The normalized spacial score (nSPS) is 21.3. The number of hydrogen-bond donors (Lipinski definition) is 1. The van der Waals surface area contributed by atoms with Crippen molar-refractivity contribution in [3.05, 3.63) is 24.5 Å². The minimum absolute atomic E-state index is 0.202. The zero-order valence-corrected chi connectivity index (χ0v) is 16.2. The number of amides is 1. The van der Waals surface area contributed by atoms with Crippen LogP contribution in [0, 0.1) is 5.92 Å². The van der Waals surface area contributed by atoms with Gasteiger partial charge < -0.3 is 15.1 Å². The first-order chi connectivity index (χ1) is 13.1. The number of fused-ring (bicyclic) bond motifs is 1. The third-order valence-electron chi connectivity index (χ3n) is 5.64. The molecule has 1 N–H and O–H groups in total. The SMILES string of the molecule is CN(C)c1ncnc2ccc(N3CCN(CC4CCC(=O)NC4)CC3)cc12. The Bertz CT molecular complexity index is 805. The molecule has 1 aromatic carbocycles. The standard InChI is InChI=1S/C20H28N6O/c1-24(2)20-17-11-16(4-5-18(17)22-14-23-20)26-9-7-25(8-10-26)13-15-3-6-19(27)21-12-15/h4-5,11,14-15H,3,6-10,12-13H2,1-2H3,(H,21,27). The molecule has 0 saturated carbocycles. The van der Waals surface area contributed by atoms with Crippen LogP contribution >= 0.6 is 0 Å². The topological polar surface area (TPSA) is 64.6 Å². The lowest BCUT2D eigenvalue weighted by atomic mass is 9.98. The summed E-state index contributed by atoms with van der Waals surface area (Å²) in [5, 5.41) is 4.09. The second-order valence-electron chi connectivity index (χ2n) is 7.79. The number of benzene rings is 1. The number of carbonyl (C=O) groups excluding carboxylic acids is 1. The number of piperazine rings is 1. The number of anilines is 2.